The second-order valence-electron chi connectivity index (χ2n) is 4.48. The van der Waals surface area contributed by atoms with Crippen LogP contribution in [0.5, 0.6) is 0 Å². The molecule has 4 heteroatoms. The third-order valence-electron chi connectivity index (χ3n) is 3.01. The smallest absolute Gasteiger partial charge is 0.302 e. The zero-order valence-corrected chi connectivity index (χ0v) is 10.5. The molecule has 1 fully saturated rings. The minimum absolute atomic E-state index is 0.107. The normalized spacial score (nSPS) is 23.9. The molecule has 1 saturated carbocycles. The number of carbonyl (C=O) groups excluding carboxylic acids is 2. The number of hydrogen-bond acceptors (Lipinski definition) is 4. The second kappa shape index (κ2) is 6.42. The first-order valence-corrected chi connectivity index (χ1v) is 5.99. The molecule has 4 nitrogen and oxygen atoms in total. The topological polar surface area (TPSA) is 52.6 Å². The minimum Gasteiger partial charge on any atom is -0.462 e. The van der Waals surface area contributed by atoms with E-state index in [1.165, 1.54) is 13.8 Å². The van der Waals surface area contributed by atoms with Crippen LogP contribution in [0.3, 0.4) is 0 Å². The van der Waals surface area contributed by atoms with Crippen molar-refractivity contribution in [3.8, 4) is 0 Å². The van der Waals surface area contributed by atoms with Crippen LogP contribution < -0.4 is 0 Å². The summed E-state index contributed by atoms with van der Waals surface area (Å²) in [4.78, 5) is 21.8. The maximum Gasteiger partial charge on any atom is 0.302 e. The summed E-state index contributed by atoms with van der Waals surface area (Å²) in [6.45, 7) is 6.95. The Kier molecular flexibility index (Phi) is 5.19. The van der Waals surface area contributed by atoms with Crippen molar-refractivity contribution in [2.24, 2.45) is 5.92 Å². The van der Waals surface area contributed by atoms with E-state index in [4.69, 9.17) is 9.47 Å². The van der Waals surface area contributed by atoms with Gasteiger partial charge in [0.05, 0.1) is 0 Å². The molecule has 0 aliphatic heterocycles. The molecule has 0 amide bonds. The van der Waals surface area contributed by atoms with E-state index in [2.05, 4.69) is 6.58 Å². The monoisotopic (exact) mass is 240 g/mol. The summed E-state index contributed by atoms with van der Waals surface area (Å²) < 4.78 is 10.2. The molecule has 1 rings (SSSR count). The number of hydrogen-bond donors (Lipinski definition) is 0. The van der Waals surface area contributed by atoms with E-state index in [9.17, 15) is 9.59 Å². The van der Waals surface area contributed by atoms with Gasteiger partial charge in [-0.05, 0) is 24.8 Å². The van der Waals surface area contributed by atoms with Gasteiger partial charge in [0.2, 0.25) is 0 Å². The van der Waals surface area contributed by atoms with E-state index < -0.39 is 0 Å². The number of ether oxygens (including phenoxy) is 2. The Morgan fingerprint density at radius 3 is 2.41 bits per heavy atom. The predicted molar refractivity (Wildman–Crippen MR) is 63.3 cm³/mol. The SMILES string of the molecule is C=C(COC(C)=O)[C@@H]1CCCC[C@@H]1OC(C)=O. The molecule has 0 bridgehead atoms. The molecule has 0 saturated heterocycles. The van der Waals surface area contributed by atoms with E-state index >= 15 is 0 Å². The van der Waals surface area contributed by atoms with Crippen LogP contribution in [0.1, 0.15) is 39.5 Å². The van der Waals surface area contributed by atoms with Crippen LogP contribution >= 0.6 is 0 Å². The summed E-state index contributed by atoms with van der Waals surface area (Å²) in [5.41, 5.74) is 0.839. The molecule has 1 aliphatic carbocycles. The van der Waals surface area contributed by atoms with Crippen molar-refractivity contribution in [1.82, 2.24) is 0 Å². The molecule has 96 valence electrons. The molecular weight excluding hydrogens is 220 g/mol. The average molecular weight is 240 g/mol. The molecule has 0 aromatic carbocycles. The lowest BCUT2D eigenvalue weighted by Gasteiger charge is -2.32. The van der Waals surface area contributed by atoms with Crippen LogP contribution in [0, 0.1) is 5.92 Å². The Balaban J connectivity index is 2.54. The van der Waals surface area contributed by atoms with Crippen molar-refractivity contribution in [3.05, 3.63) is 12.2 Å². The molecule has 0 radical (unpaired) electrons. The highest BCUT2D eigenvalue weighted by Crippen LogP contribution is 2.31. The molecule has 0 spiro atoms. The zero-order valence-electron chi connectivity index (χ0n) is 10.5. The van der Waals surface area contributed by atoms with Gasteiger partial charge in [-0.3, -0.25) is 9.59 Å². The maximum atomic E-state index is 11.0. The summed E-state index contributed by atoms with van der Waals surface area (Å²) in [6, 6.07) is 0. The van der Waals surface area contributed by atoms with Crippen molar-refractivity contribution >= 4 is 11.9 Å². The Bertz CT molecular complexity index is 309. The number of carbonyl (C=O) groups is 2. The summed E-state index contributed by atoms with van der Waals surface area (Å²) in [6.07, 6.45) is 3.86. The van der Waals surface area contributed by atoms with Crippen LogP contribution in [-0.2, 0) is 19.1 Å². The summed E-state index contributed by atoms with van der Waals surface area (Å²) in [5.74, 6) is -0.458. The van der Waals surface area contributed by atoms with Crippen molar-refractivity contribution < 1.29 is 19.1 Å². The predicted octanol–water partition coefficient (Wildman–Crippen LogP) is 2.23. The fourth-order valence-corrected chi connectivity index (χ4v) is 2.22. The fraction of sp³-hybridized carbons (Fsp3) is 0.692. The molecule has 0 aromatic heterocycles. The molecule has 2 atom stereocenters. The zero-order chi connectivity index (χ0) is 12.8. The Hall–Kier alpha value is -1.32. The summed E-state index contributed by atoms with van der Waals surface area (Å²) in [7, 11) is 0. The van der Waals surface area contributed by atoms with Crippen molar-refractivity contribution in [3.63, 3.8) is 0 Å². The highest BCUT2D eigenvalue weighted by molar-refractivity contribution is 5.66. The Labute approximate surface area is 102 Å². The molecule has 1 aliphatic rings. The minimum atomic E-state index is -0.314. The first-order chi connectivity index (χ1) is 8.00. The van der Waals surface area contributed by atoms with Crippen molar-refractivity contribution in [2.75, 3.05) is 6.61 Å². The first kappa shape index (κ1) is 13.7. The lowest BCUT2D eigenvalue weighted by molar-refractivity contribution is -0.150. The van der Waals surface area contributed by atoms with E-state index in [0.29, 0.717) is 0 Å². The molecule has 0 N–H and O–H groups in total. The highest BCUT2D eigenvalue weighted by Gasteiger charge is 2.29. The van der Waals surface area contributed by atoms with Gasteiger partial charge in [0, 0.05) is 19.8 Å². The van der Waals surface area contributed by atoms with E-state index in [1.807, 2.05) is 0 Å². The van der Waals surface area contributed by atoms with E-state index in [1.54, 1.807) is 0 Å². The van der Waals surface area contributed by atoms with Gasteiger partial charge in [0.1, 0.15) is 12.7 Å². The van der Waals surface area contributed by atoms with Crippen LogP contribution in [0.25, 0.3) is 0 Å². The standard InChI is InChI=1S/C13H20O4/c1-9(8-16-10(2)14)12-6-4-5-7-13(12)17-11(3)15/h12-13H,1,4-8H2,2-3H3/t12-,13-/m0/s1. The summed E-state index contributed by atoms with van der Waals surface area (Å²) >= 11 is 0. The van der Waals surface area contributed by atoms with Crippen LogP contribution in [0.4, 0.5) is 0 Å². The second-order valence-corrected chi connectivity index (χ2v) is 4.48. The number of rotatable bonds is 4. The Morgan fingerprint density at radius 2 is 1.82 bits per heavy atom. The lowest BCUT2D eigenvalue weighted by atomic mass is 9.82. The lowest BCUT2D eigenvalue weighted by Crippen LogP contribution is -2.31. The van der Waals surface area contributed by atoms with Gasteiger partial charge in [-0.15, -0.1) is 0 Å². The van der Waals surface area contributed by atoms with Crippen molar-refractivity contribution in [2.45, 2.75) is 45.6 Å². The molecule has 0 unspecified atom stereocenters. The highest BCUT2D eigenvalue weighted by atomic mass is 16.5. The fourth-order valence-electron chi connectivity index (χ4n) is 2.22. The molecule has 17 heavy (non-hydrogen) atoms. The first-order valence-electron chi connectivity index (χ1n) is 5.99. The van der Waals surface area contributed by atoms with Gasteiger partial charge in [-0.1, -0.05) is 13.0 Å². The third kappa shape index (κ3) is 4.59. The maximum absolute atomic E-state index is 11.0. The van der Waals surface area contributed by atoms with E-state index in [-0.39, 0.29) is 30.6 Å². The van der Waals surface area contributed by atoms with Gasteiger partial charge >= 0.3 is 11.9 Å². The molecular formula is C13H20O4. The van der Waals surface area contributed by atoms with Gasteiger partial charge in [-0.25, -0.2) is 0 Å². The molecule has 0 heterocycles. The van der Waals surface area contributed by atoms with Gasteiger partial charge in [-0.2, -0.15) is 0 Å². The molecule has 0 aromatic rings. The number of esters is 2. The quantitative estimate of drug-likeness (QED) is 0.558. The Morgan fingerprint density at radius 1 is 1.18 bits per heavy atom. The van der Waals surface area contributed by atoms with Gasteiger partial charge < -0.3 is 9.47 Å². The van der Waals surface area contributed by atoms with Gasteiger partial charge in [0.15, 0.2) is 0 Å². The summed E-state index contributed by atoms with van der Waals surface area (Å²) in [5, 5.41) is 0. The van der Waals surface area contributed by atoms with Crippen LogP contribution in [0.2, 0.25) is 0 Å². The largest absolute Gasteiger partial charge is 0.462 e. The van der Waals surface area contributed by atoms with E-state index in [0.717, 1.165) is 31.3 Å². The average Bonchev–Trinajstić information content (AvgIpc) is 2.25. The van der Waals surface area contributed by atoms with Crippen molar-refractivity contribution in [1.29, 1.82) is 0 Å². The van der Waals surface area contributed by atoms with Gasteiger partial charge in [0.25, 0.3) is 0 Å². The van der Waals surface area contributed by atoms with Crippen LogP contribution in [-0.4, -0.2) is 24.6 Å². The third-order valence-corrected chi connectivity index (χ3v) is 3.01. The van der Waals surface area contributed by atoms with Crippen LogP contribution in [0.15, 0.2) is 12.2 Å².